The van der Waals surface area contributed by atoms with Crippen LogP contribution in [0.4, 0.5) is 10.1 Å². The first-order valence-electron chi connectivity index (χ1n) is 6.31. The molecular weight excluding hydrogens is 277 g/mol. The molecule has 1 atom stereocenters. The van der Waals surface area contributed by atoms with E-state index < -0.39 is 11.7 Å². The average molecular weight is 293 g/mol. The summed E-state index contributed by atoms with van der Waals surface area (Å²) in [6, 6.07) is 3.67. The summed E-state index contributed by atoms with van der Waals surface area (Å²) in [5.74, 6) is -1.08. The number of aryl methyl sites for hydroxylation is 1. The van der Waals surface area contributed by atoms with Crippen LogP contribution in [0.25, 0.3) is 0 Å². The van der Waals surface area contributed by atoms with Crippen LogP contribution >= 0.6 is 11.3 Å². The van der Waals surface area contributed by atoms with E-state index in [2.05, 4.69) is 10.3 Å². The van der Waals surface area contributed by atoms with Gasteiger partial charge < -0.3 is 11.1 Å². The number of nitrogen functional groups attached to an aromatic ring is 1. The Morgan fingerprint density at radius 2 is 2.30 bits per heavy atom. The Kier molecular flexibility index (Phi) is 4.34. The molecule has 4 nitrogen and oxygen atoms in total. The molecule has 1 amide bonds. The molecule has 0 radical (unpaired) electrons. The topological polar surface area (TPSA) is 68.0 Å². The number of hydrogen-bond donors (Lipinski definition) is 2. The zero-order chi connectivity index (χ0) is 14.7. The highest BCUT2D eigenvalue weighted by Gasteiger charge is 2.17. The summed E-state index contributed by atoms with van der Waals surface area (Å²) in [5.41, 5.74) is 5.87. The van der Waals surface area contributed by atoms with Gasteiger partial charge in [-0.25, -0.2) is 9.37 Å². The number of nitrogens with two attached hydrogens (primary N) is 1. The summed E-state index contributed by atoms with van der Waals surface area (Å²) < 4.78 is 13.6. The minimum atomic E-state index is -0.586. The minimum absolute atomic E-state index is 0.0517. The third-order valence-corrected chi connectivity index (χ3v) is 4.20. The van der Waals surface area contributed by atoms with Gasteiger partial charge >= 0.3 is 0 Å². The molecule has 1 unspecified atom stereocenters. The minimum Gasteiger partial charge on any atom is -0.399 e. The number of nitrogens with zero attached hydrogens (tertiary/aromatic N) is 1. The molecule has 1 aromatic heterocycles. The number of hydrogen-bond acceptors (Lipinski definition) is 4. The SMILES string of the molecule is CCc1cnc(C(C)NC(=O)c2cc(N)ccc2F)s1. The molecule has 0 saturated heterocycles. The summed E-state index contributed by atoms with van der Waals surface area (Å²) in [5, 5.41) is 3.54. The molecule has 1 heterocycles. The van der Waals surface area contributed by atoms with Gasteiger partial charge in [-0.1, -0.05) is 6.92 Å². The lowest BCUT2D eigenvalue weighted by Crippen LogP contribution is -2.27. The van der Waals surface area contributed by atoms with E-state index in [4.69, 9.17) is 5.73 Å². The third-order valence-electron chi connectivity index (χ3n) is 2.87. The molecule has 0 spiro atoms. The third kappa shape index (κ3) is 3.14. The molecule has 2 rings (SSSR count). The zero-order valence-electron chi connectivity index (χ0n) is 11.3. The van der Waals surface area contributed by atoms with Crippen molar-refractivity contribution in [1.29, 1.82) is 0 Å². The first-order chi connectivity index (χ1) is 9.51. The molecule has 0 aliphatic rings. The second-order valence-corrected chi connectivity index (χ2v) is 5.60. The van der Waals surface area contributed by atoms with Crippen LogP contribution in [-0.2, 0) is 6.42 Å². The highest BCUT2D eigenvalue weighted by molar-refractivity contribution is 7.11. The normalized spacial score (nSPS) is 12.2. The van der Waals surface area contributed by atoms with Crippen molar-refractivity contribution in [3.05, 3.63) is 45.7 Å². The van der Waals surface area contributed by atoms with E-state index in [1.165, 1.54) is 18.2 Å². The van der Waals surface area contributed by atoms with Gasteiger partial charge in [-0.15, -0.1) is 11.3 Å². The predicted octanol–water partition coefficient (Wildman–Crippen LogP) is 2.92. The molecule has 0 aliphatic carbocycles. The number of anilines is 1. The van der Waals surface area contributed by atoms with Crippen LogP contribution in [0, 0.1) is 5.82 Å². The van der Waals surface area contributed by atoms with Gasteiger partial charge in [0.15, 0.2) is 0 Å². The molecule has 20 heavy (non-hydrogen) atoms. The Hall–Kier alpha value is -1.95. The van der Waals surface area contributed by atoms with E-state index in [0.29, 0.717) is 5.69 Å². The van der Waals surface area contributed by atoms with E-state index in [0.717, 1.165) is 16.3 Å². The van der Waals surface area contributed by atoms with Crippen LogP contribution in [0.2, 0.25) is 0 Å². The lowest BCUT2D eigenvalue weighted by Gasteiger charge is -2.12. The molecule has 0 saturated carbocycles. The molecule has 6 heteroatoms. The molecule has 0 bridgehead atoms. The summed E-state index contributed by atoms with van der Waals surface area (Å²) in [7, 11) is 0. The highest BCUT2D eigenvalue weighted by atomic mass is 32.1. The van der Waals surface area contributed by atoms with Gasteiger partial charge in [-0.2, -0.15) is 0 Å². The van der Waals surface area contributed by atoms with Crippen LogP contribution in [0.15, 0.2) is 24.4 Å². The Labute approximate surface area is 120 Å². The lowest BCUT2D eigenvalue weighted by atomic mass is 10.1. The van der Waals surface area contributed by atoms with Crippen molar-refractivity contribution >= 4 is 22.9 Å². The van der Waals surface area contributed by atoms with Gasteiger partial charge in [0.1, 0.15) is 10.8 Å². The van der Waals surface area contributed by atoms with Crippen molar-refractivity contribution in [2.24, 2.45) is 0 Å². The van der Waals surface area contributed by atoms with Gasteiger partial charge in [0.25, 0.3) is 5.91 Å². The van der Waals surface area contributed by atoms with Gasteiger partial charge in [0.05, 0.1) is 11.6 Å². The summed E-state index contributed by atoms with van der Waals surface area (Å²) in [4.78, 5) is 17.5. The van der Waals surface area contributed by atoms with Crippen LogP contribution in [-0.4, -0.2) is 10.9 Å². The number of aromatic nitrogens is 1. The Morgan fingerprint density at radius 1 is 1.55 bits per heavy atom. The fourth-order valence-corrected chi connectivity index (χ4v) is 2.60. The number of carbonyl (C=O) groups is 1. The largest absolute Gasteiger partial charge is 0.399 e. The molecule has 2 aromatic rings. The molecule has 0 fully saturated rings. The summed E-state index contributed by atoms with van der Waals surface area (Å²) in [6.45, 7) is 3.86. The molecule has 106 valence electrons. The Bertz CT molecular complexity index is 627. The molecule has 1 aromatic carbocycles. The van der Waals surface area contributed by atoms with Crippen molar-refractivity contribution in [2.75, 3.05) is 5.73 Å². The quantitative estimate of drug-likeness (QED) is 0.852. The van der Waals surface area contributed by atoms with Crippen molar-refractivity contribution in [3.8, 4) is 0 Å². The van der Waals surface area contributed by atoms with Crippen LogP contribution in [0.3, 0.4) is 0 Å². The van der Waals surface area contributed by atoms with Crippen molar-refractivity contribution in [3.63, 3.8) is 0 Å². The van der Waals surface area contributed by atoms with Crippen molar-refractivity contribution in [2.45, 2.75) is 26.3 Å². The first kappa shape index (κ1) is 14.5. The number of thiazole rings is 1. The second-order valence-electron chi connectivity index (χ2n) is 4.45. The predicted molar refractivity (Wildman–Crippen MR) is 78.2 cm³/mol. The van der Waals surface area contributed by atoms with Gasteiger partial charge in [-0.05, 0) is 31.5 Å². The highest BCUT2D eigenvalue weighted by Crippen LogP contribution is 2.21. The van der Waals surface area contributed by atoms with Crippen molar-refractivity contribution < 1.29 is 9.18 Å². The maximum atomic E-state index is 13.6. The number of amides is 1. The number of benzene rings is 1. The van der Waals surface area contributed by atoms with E-state index >= 15 is 0 Å². The smallest absolute Gasteiger partial charge is 0.254 e. The number of rotatable bonds is 4. The molecule has 0 aliphatic heterocycles. The molecule has 3 N–H and O–H groups in total. The zero-order valence-corrected chi connectivity index (χ0v) is 12.1. The summed E-state index contributed by atoms with van der Waals surface area (Å²) >= 11 is 1.54. The standard InChI is InChI=1S/C14H16FN3OS/c1-3-10-7-17-14(20-10)8(2)18-13(19)11-6-9(16)4-5-12(11)15/h4-8H,3,16H2,1-2H3,(H,18,19). The molecular formula is C14H16FN3OS. The van der Waals surface area contributed by atoms with E-state index in [9.17, 15) is 9.18 Å². The maximum Gasteiger partial charge on any atom is 0.254 e. The number of halogens is 1. The maximum absolute atomic E-state index is 13.6. The van der Waals surface area contributed by atoms with Crippen LogP contribution < -0.4 is 11.1 Å². The average Bonchev–Trinajstić information content (AvgIpc) is 2.90. The first-order valence-corrected chi connectivity index (χ1v) is 7.13. The summed E-state index contributed by atoms with van der Waals surface area (Å²) in [6.07, 6.45) is 2.70. The number of carbonyl (C=O) groups excluding carboxylic acids is 1. The lowest BCUT2D eigenvalue weighted by molar-refractivity contribution is 0.0936. The van der Waals surface area contributed by atoms with Gasteiger partial charge in [-0.3, -0.25) is 4.79 Å². The monoisotopic (exact) mass is 293 g/mol. The van der Waals surface area contributed by atoms with E-state index in [1.807, 2.05) is 13.8 Å². The van der Waals surface area contributed by atoms with E-state index in [-0.39, 0.29) is 11.6 Å². The Balaban J connectivity index is 2.12. The van der Waals surface area contributed by atoms with Crippen LogP contribution in [0.5, 0.6) is 0 Å². The van der Waals surface area contributed by atoms with Gasteiger partial charge in [0, 0.05) is 16.8 Å². The fourth-order valence-electron chi connectivity index (χ4n) is 1.74. The Morgan fingerprint density at radius 3 is 2.95 bits per heavy atom. The van der Waals surface area contributed by atoms with Crippen molar-refractivity contribution in [1.82, 2.24) is 10.3 Å². The van der Waals surface area contributed by atoms with E-state index in [1.54, 1.807) is 17.5 Å². The van der Waals surface area contributed by atoms with Crippen LogP contribution in [0.1, 0.15) is 40.1 Å². The second kappa shape index (κ2) is 6.00. The fraction of sp³-hybridized carbons (Fsp3) is 0.286. The number of nitrogens with one attached hydrogen (secondary N) is 1. The van der Waals surface area contributed by atoms with Gasteiger partial charge in [0.2, 0.25) is 0 Å².